The summed E-state index contributed by atoms with van der Waals surface area (Å²) in [4.78, 5) is 13.5. The molecule has 16 heavy (non-hydrogen) atoms. The standard InChI is InChI=1S/C12H20N2O2/c1-2-3-7-16-12(15)10-14-6-4-5-11(8-13)9-14/h11H,2-7,9-10H2,1H3. The summed E-state index contributed by atoms with van der Waals surface area (Å²) in [5.41, 5.74) is 0. The van der Waals surface area contributed by atoms with E-state index in [9.17, 15) is 4.79 Å². The monoisotopic (exact) mass is 224 g/mol. The highest BCUT2D eigenvalue weighted by molar-refractivity contribution is 5.71. The first-order valence-electron chi connectivity index (χ1n) is 6.04. The van der Waals surface area contributed by atoms with Crippen molar-refractivity contribution >= 4 is 5.97 Å². The third-order valence-electron chi connectivity index (χ3n) is 2.80. The molecule has 0 N–H and O–H groups in total. The molecule has 4 heteroatoms. The molecule has 0 radical (unpaired) electrons. The Morgan fingerprint density at radius 3 is 3.12 bits per heavy atom. The van der Waals surface area contributed by atoms with Gasteiger partial charge in [-0.05, 0) is 25.8 Å². The van der Waals surface area contributed by atoms with Crippen molar-refractivity contribution in [3.63, 3.8) is 0 Å². The van der Waals surface area contributed by atoms with Crippen LogP contribution in [0.3, 0.4) is 0 Å². The molecule has 0 aromatic heterocycles. The van der Waals surface area contributed by atoms with Gasteiger partial charge < -0.3 is 4.74 Å². The number of ether oxygens (including phenoxy) is 1. The molecule has 1 rings (SSSR count). The maximum Gasteiger partial charge on any atom is 0.320 e. The number of rotatable bonds is 5. The molecule has 0 aromatic rings. The van der Waals surface area contributed by atoms with E-state index in [1.54, 1.807) is 0 Å². The Morgan fingerprint density at radius 2 is 2.44 bits per heavy atom. The van der Waals surface area contributed by atoms with Gasteiger partial charge in [-0.3, -0.25) is 9.69 Å². The third kappa shape index (κ3) is 4.63. The van der Waals surface area contributed by atoms with Crippen LogP contribution in [0.2, 0.25) is 0 Å². The maximum absolute atomic E-state index is 11.4. The Kier molecular flexibility index (Phi) is 5.87. The van der Waals surface area contributed by atoms with E-state index in [4.69, 9.17) is 10.00 Å². The molecule has 0 spiro atoms. The van der Waals surface area contributed by atoms with E-state index in [0.29, 0.717) is 19.7 Å². The average molecular weight is 224 g/mol. The zero-order valence-corrected chi connectivity index (χ0v) is 9.95. The van der Waals surface area contributed by atoms with Crippen molar-refractivity contribution in [1.29, 1.82) is 5.26 Å². The highest BCUT2D eigenvalue weighted by Crippen LogP contribution is 2.14. The van der Waals surface area contributed by atoms with Crippen LogP contribution in [0.5, 0.6) is 0 Å². The molecular weight excluding hydrogens is 204 g/mol. The van der Waals surface area contributed by atoms with Crippen molar-refractivity contribution in [2.45, 2.75) is 32.6 Å². The third-order valence-corrected chi connectivity index (χ3v) is 2.80. The summed E-state index contributed by atoms with van der Waals surface area (Å²) in [7, 11) is 0. The highest BCUT2D eigenvalue weighted by atomic mass is 16.5. The summed E-state index contributed by atoms with van der Waals surface area (Å²) in [6, 6.07) is 2.27. The molecule has 0 saturated carbocycles. The van der Waals surface area contributed by atoms with Crippen LogP contribution in [0.15, 0.2) is 0 Å². The number of nitrogens with zero attached hydrogens (tertiary/aromatic N) is 2. The fourth-order valence-corrected chi connectivity index (χ4v) is 1.86. The molecule has 1 heterocycles. The Labute approximate surface area is 97.2 Å². The van der Waals surface area contributed by atoms with E-state index in [1.165, 1.54) is 0 Å². The fourth-order valence-electron chi connectivity index (χ4n) is 1.86. The molecule has 0 aliphatic carbocycles. The number of hydrogen-bond donors (Lipinski definition) is 0. The first-order chi connectivity index (χ1) is 7.76. The zero-order valence-electron chi connectivity index (χ0n) is 9.95. The number of unbranched alkanes of at least 4 members (excludes halogenated alkanes) is 1. The van der Waals surface area contributed by atoms with Crippen molar-refractivity contribution in [3.8, 4) is 6.07 Å². The maximum atomic E-state index is 11.4. The Bertz CT molecular complexity index is 260. The van der Waals surface area contributed by atoms with E-state index in [0.717, 1.165) is 32.2 Å². The predicted octanol–water partition coefficient (Wildman–Crippen LogP) is 1.57. The van der Waals surface area contributed by atoms with Gasteiger partial charge >= 0.3 is 5.97 Å². The molecule has 90 valence electrons. The van der Waals surface area contributed by atoms with Gasteiger partial charge in [-0.1, -0.05) is 13.3 Å². The van der Waals surface area contributed by atoms with E-state index >= 15 is 0 Å². The minimum absolute atomic E-state index is 0.0807. The van der Waals surface area contributed by atoms with E-state index in [2.05, 4.69) is 13.0 Å². The van der Waals surface area contributed by atoms with Gasteiger partial charge in [-0.25, -0.2) is 0 Å². The molecular formula is C12H20N2O2. The van der Waals surface area contributed by atoms with Crippen LogP contribution in [0.4, 0.5) is 0 Å². The smallest absolute Gasteiger partial charge is 0.320 e. The topological polar surface area (TPSA) is 53.3 Å². The lowest BCUT2D eigenvalue weighted by molar-refractivity contribution is -0.145. The van der Waals surface area contributed by atoms with Crippen molar-refractivity contribution in [2.75, 3.05) is 26.2 Å². The molecule has 1 saturated heterocycles. The van der Waals surface area contributed by atoms with Crippen molar-refractivity contribution in [2.24, 2.45) is 5.92 Å². The van der Waals surface area contributed by atoms with Crippen LogP contribution < -0.4 is 0 Å². The molecule has 1 atom stereocenters. The minimum atomic E-state index is -0.160. The normalized spacial score (nSPS) is 21.4. The van der Waals surface area contributed by atoms with Crippen LogP contribution in [0.1, 0.15) is 32.6 Å². The second-order valence-corrected chi connectivity index (χ2v) is 4.28. The van der Waals surface area contributed by atoms with E-state index in [-0.39, 0.29) is 11.9 Å². The Hall–Kier alpha value is -1.08. The molecule has 1 fully saturated rings. The second kappa shape index (κ2) is 7.24. The van der Waals surface area contributed by atoms with Crippen LogP contribution in [-0.2, 0) is 9.53 Å². The molecule has 1 aliphatic heterocycles. The van der Waals surface area contributed by atoms with Crippen LogP contribution in [-0.4, -0.2) is 37.1 Å². The molecule has 0 aromatic carbocycles. The summed E-state index contributed by atoms with van der Waals surface area (Å²) in [5, 5.41) is 8.82. The molecule has 1 aliphatic rings. The van der Waals surface area contributed by atoms with Gasteiger partial charge in [0.25, 0.3) is 0 Å². The van der Waals surface area contributed by atoms with Crippen LogP contribution in [0.25, 0.3) is 0 Å². The summed E-state index contributed by atoms with van der Waals surface area (Å²) in [5.74, 6) is -0.0794. The van der Waals surface area contributed by atoms with Crippen molar-refractivity contribution < 1.29 is 9.53 Å². The zero-order chi connectivity index (χ0) is 11.8. The lowest BCUT2D eigenvalue weighted by Crippen LogP contribution is -2.39. The largest absolute Gasteiger partial charge is 0.465 e. The van der Waals surface area contributed by atoms with Gasteiger partial charge in [-0.15, -0.1) is 0 Å². The Morgan fingerprint density at radius 1 is 1.62 bits per heavy atom. The van der Waals surface area contributed by atoms with E-state index in [1.807, 2.05) is 4.90 Å². The summed E-state index contributed by atoms with van der Waals surface area (Å²) in [6.45, 7) is 4.53. The predicted molar refractivity (Wildman–Crippen MR) is 60.6 cm³/mol. The number of esters is 1. The van der Waals surface area contributed by atoms with Gasteiger partial charge in [0.05, 0.1) is 25.1 Å². The van der Waals surface area contributed by atoms with Crippen molar-refractivity contribution in [1.82, 2.24) is 4.90 Å². The van der Waals surface area contributed by atoms with Gasteiger partial charge in [0.2, 0.25) is 0 Å². The molecule has 1 unspecified atom stereocenters. The summed E-state index contributed by atoms with van der Waals surface area (Å²) in [6.07, 6.45) is 3.92. The van der Waals surface area contributed by atoms with Gasteiger partial charge in [0.15, 0.2) is 0 Å². The van der Waals surface area contributed by atoms with Gasteiger partial charge in [-0.2, -0.15) is 5.26 Å². The average Bonchev–Trinajstić information content (AvgIpc) is 2.29. The fraction of sp³-hybridized carbons (Fsp3) is 0.833. The lowest BCUT2D eigenvalue weighted by atomic mass is 10.00. The van der Waals surface area contributed by atoms with Crippen molar-refractivity contribution in [3.05, 3.63) is 0 Å². The van der Waals surface area contributed by atoms with Gasteiger partial charge in [0.1, 0.15) is 0 Å². The summed E-state index contributed by atoms with van der Waals surface area (Å²) < 4.78 is 5.09. The number of piperidine rings is 1. The number of likely N-dealkylation sites (tertiary alicyclic amines) is 1. The number of carbonyl (C=O) groups excluding carboxylic acids is 1. The van der Waals surface area contributed by atoms with E-state index < -0.39 is 0 Å². The molecule has 0 bridgehead atoms. The number of hydrogen-bond acceptors (Lipinski definition) is 4. The van der Waals surface area contributed by atoms with Crippen LogP contribution >= 0.6 is 0 Å². The minimum Gasteiger partial charge on any atom is -0.465 e. The lowest BCUT2D eigenvalue weighted by Gasteiger charge is -2.28. The SMILES string of the molecule is CCCCOC(=O)CN1CCCC(C#N)C1. The number of nitriles is 1. The van der Waals surface area contributed by atoms with Crippen LogP contribution in [0, 0.1) is 17.2 Å². The molecule has 4 nitrogen and oxygen atoms in total. The molecule has 0 amide bonds. The first kappa shape index (κ1) is 13.0. The highest BCUT2D eigenvalue weighted by Gasteiger charge is 2.21. The first-order valence-corrected chi connectivity index (χ1v) is 6.04. The second-order valence-electron chi connectivity index (χ2n) is 4.28. The summed E-state index contributed by atoms with van der Waals surface area (Å²) >= 11 is 0. The number of carbonyl (C=O) groups is 1. The Balaban J connectivity index is 2.20. The van der Waals surface area contributed by atoms with Gasteiger partial charge in [0, 0.05) is 6.54 Å². The quantitative estimate of drug-likeness (QED) is 0.525.